The third kappa shape index (κ3) is 4.98. The van der Waals surface area contributed by atoms with E-state index in [1.54, 1.807) is 12.5 Å². The minimum atomic E-state index is 0. The van der Waals surface area contributed by atoms with Gasteiger partial charge in [-0.05, 0) is 31.6 Å². The molecule has 2 fully saturated rings. The van der Waals surface area contributed by atoms with Gasteiger partial charge in [-0.3, -0.25) is 9.39 Å². The molecule has 2 aromatic rings. The summed E-state index contributed by atoms with van der Waals surface area (Å²) in [6, 6.07) is 0. The number of piperidine rings is 1. The highest BCUT2D eigenvalue weighted by Crippen LogP contribution is 2.24. The second-order valence-corrected chi connectivity index (χ2v) is 7.01. The Morgan fingerprint density at radius 3 is 3.15 bits per heavy atom. The number of aromatic nitrogens is 4. The van der Waals surface area contributed by atoms with Crippen LogP contribution in [0.1, 0.15) is 25.7 Å². The number of aliphatic imine (C=N–C) groups is 1. The van der Waals surface area contributed by atoms with Crippen molar-refractivity contribution in [2.45, 2.75) is 31.8 Å². The zero-order valence-corrected chi connectivity index (χ0v) is 17.7. The number of anilines is 1. The van der Waals surface area contributed by atoms with Gasteiger partial charge < -0.3 is 20.7 Å². The standard InChI is InChI=1S/C17H26N8O.HI/c18-17(21-10-14-4-2-8-26-14)20-9-13-3-1-6-24(11-13)15-16-23-22-12-25(16)7-5-19-15;/h5,7,12-14H,1-4,6,8-11H2,(H3,18,20,21);1H. The van der Waals surface area contributed by atoms with E-state index in [4.69, 9.17) is 10.5 Å². The lowest BCUT2D eigenvalue weighted by Gasteiger charge is -2.32. The molecule has 0 saturated carbocycles. The van der Waals surface area contributed by atoms with Crippen molar-refractivity contribution < 1.29 is 4.74 Å². The summed E-state index contributed by atoms with van der Waals surface area (Å²) in [5, 5.41) is 11.4. The third-order valence-corrected chi connectivity index (χ3v) is 5.07. The molecule has 0 aliphatic carbocycles. The topological polar surface area (TPSA) is 106 Å². The van der Waals surface area contributed by atoms with Crippen LogP contribution in [0.15, 0.2) is 23.7 Å². The molecular weight excluding hydrogens is 459 g/mol. The van der Waals surface area contributed by atoms with E-state index in [1.807, 2.05) is 10.6 Å². The summed E-state index contributed by atoms with van der Waals surface area (Å²) in [5.74, 6) is 1.86. The molecule has 148 valence electrons. The van der Waals surface area contributed by atoms with Gasteiger partial charge in [0.15, 0.2) is 11.8 Å². The highest BCUT2D eigenvalue weighted by Gasteiger charge is 2.23. The Kier molecular flexibility index (Phi) is 7.05. The first-order valence-corrected chi connectivity index (χ1v) is 9.34. The maximum absolute atomic E-state index is 6.01. The molecule has 2 aromatic heterocycles. The largest absolute Gasteiger partial charge is 0.376 e. The van der Waals surface area contributed by atoms with Crippen molar-refractivity contribution in [1.82, 2.24) is 24.9 Å². The van der Waals surface area contributed by atoms with E-state index in [2.05, 4.69) is 30.4 Å². The summed E-state index contributed by atoms with van der Waals surface area (Å²) in [5.41, 5.74) is 6.81. The minimum Gasteiger partial charge on any atom is -0.376 e. The van der Waals surface area contributed by atoms with Gasteiger partial charge in [0.2, 0.25) is 5.65 Å². The first-order valence-electron chi connectivity index (χ1n) is 9.34. The van der Waals surface area contributed by atoms with E-state index >= 15 is 0 Å². The number of ether oxygens (including phenoxy) is 1. The molecule has 27 heavy (non-hydrogen) atoms. The number of nitrogens with zero attached hydrogens (tertiary/aromatic N) is 6. The second-order valence-electron chi connectivity index (χ2n) is 7.01. The van der Waals surface area contributed by atoms with E-state index in [0.29, 0.717) is 11.9 Å². The molecule has 3 N–H and O–H groups in total. The SMILES string of the molecule is I.NC(=NCC1CCCN(c2nccn3cnnc23)C1)NCC1CCCO1. The Balaban J connectivity index is 0.00000210. The Labute approximate surface area is 175 Å². The highest BCUT2D eigenvalue weighted by molar-refractivity contribution is 14.0. The van der Waals surface area contributed by atoms with Gasteiger partial charge >= 0.3 is 0 Å². The fourth-order valence-corrected chi connectivity index (χ4v) is 3.68. The maximum atomic E-state index is 6.01. The predicted molar refractivity (Wildman–Crippen MR) is 115 cm³/mol. The fourth-order valence-electron chi connectivity index (χ4n) is 3.68. The van der Waals surface area contributed by atoms with Gasteiger partial charge in [0.1, 0.15) is 6.33 Å². The Morgan fingerprint density at radius 1 is 1.37 bits per heavy atom. The Morgan fingerprint density at radius 2 is 2.30 bits per heavy atom. The van der Waals surface area contributed by atoms with Gasteiger partial charge in [-0.1, -0.05) is 0 Å². The van der Waals surface area contributed by atoms with Gasteiger partial charge in [0.25, 0.3) is 0 Å². The lowest BCUT2D eigenvalue weighted by atomic mass is 9.98. The van der Waals surface area contributed by atoms with Crippen molar-refractivity contribution in [3.63, 3.8) is 0 Å². The van der Waals surface area contributed by atoms with Crippen LogP contribution in [0.4, 0.5) is 5.82 Å². The summed E-state index contributed by atoms with van der Waals surface area (Å²) >= 11 is 0. The van der Waals surface area contributed by atoms with Crippen LogP contribution in [0.25, 0.3) is 5.65 Å². The predicted octanol–water partition coefficient (Wildman–Crippen LogP) is 1.04. The first-order chi connectivity index (χ1) is 12.8. The molecule has 10 heteroatoms. The zero-order chi connectivity index (χ0) is 17.8. The lowest BCUT2D eigenvalue weighted by molar-refractivity contribution is 0.114. The van der Waals surface area contributed by atoms with Crippen LogP contribution < -0.4 is 16.0 Å². The summed E-state index contributed by atoms with van der Waals surface area (Å²) in [4.78, 5) is 11.3. The van der Waals surface area contributed by atoms with Crippen LogP contribution in [0.5, 0.6) is 0 Å². The van der Waals surface area contributed by atoms with Crippen LogP contribution in [0, 0.1) is 5.92 Å². The minimum absolute atomic E-state index is 0. The van der Waals surface area contributed by atoms with Crippen LogP contribution in [0.2, 0.25) is 0 Å². The zero-order valence-electron chi connectivity index (χ0n) is 15.3. The monoisotopic (exact) mass is 486 g/mol. The molecule has 4 heterocycles. The van der Waals surface area contributed by atoms with Crippen LogP contribution in [-0.4, -0.2) is 64.4 Å². The van der Waals surface area contributed by atoms with Crippen molar-refractivity contribution >= 4 is 41.4 Å². The number of nitrogens with one attached hydrogen (secondary N) is 1. The van der Waals surface area contributed by atoms with E-state index in [-0.39, 0.29) is 30.1 Å². The van der Waals surface area contributed by atoms with Gasteiger partial charge in [-0.25, -0.2) is 4.98 Å². The van der Waals surface area contributed by atoms with Crippen LogP contribution in [-0.2, 0) is 4.74 Å². The normalized spacial score (nSPS) is 23.4. The molecular formula is C17H27IN8O. The van der Waals surface area contributed by atoms with Gasteiger partial charge in [-0.2, -0.15) is 0 Å². The lowest BCUT2D eigenvalue weighted by Crippen LogP contribution is -2.40. The molecule has 9 nitrogen and oxygen atoms in total. The van der Waals surface area contributed by atoms with Crippen molar-refractivity contribution in [2.24, 2.45) is 16.6 Å². The number of rotatable bonds is 5. The molecule has 2 aliphatic rings. The summed E-state index contributed by atoms with van der Waals surface area (Å²) in [6.45, 7) is 4.20. The third-order valence-electron chi connectivity index (χ3n) is 5.07. The van der Waals surface area contributed by atoms with E-state index in [0.717, 1.165) is 69.9 Å². The quantitative estimate of drug-likeness (QED) is 0.370. The molecule has 2 aliphatic heterocycles. The molecule has 0 spiro atoms. The van der Waals surface area contributed by atoms with E-state index in [9.17, 15) is 0 Å². The molecule has 0 aromatic carbocycles. The van der Waals surface area contributed by atoms with Gasteiger partial charge in [-0.15, -0.1) is 34.2 Å². The number of hydrogen-bond acceptors (Lipinski definition) is 6. The molecule has 0 radical (unpaired) electrons. The fraction of sp³-hybridized carbons (Fsp3) is 0.647. The second kappa shape index (κ2) is 9.49. The highest BCUT2D eigenvalue weighted by atomic mass is 127. The number of nitrogens with two attached hydrogens (primary N) is 1. The first kappa shape index (κ1) is 20.1. The molecule has 2 atom stereocenters. The number of hydrogen-bond donors (Lipinski definition) is 2. The van der Waals surface area contributed by atoms with Crippen molar-refractivity contribution in [2.75, 3.05) is 37.7 Å². The average molecular weight is 486 g/mol. The molecule has 0 bridgehead atoms. The van der Waals surface area contributed by atoms with E-state index < -0.39 is 0 Å². The maximum Gasteiger partial charge on any atom is 0.203 e. The van der Waals surface area contributed by atoms with Crippen molar-refractivity contribution in [3.8, 4) is 0 Å². The van der Waals surface area contributed by atoms with Crippen molar-refractivity contribution in [1.29, 1.82) is 0 Å². The molecule has 2 unspecified atom stereocenters. The number of guanidine groups is 1. The Bertz CT molecular complexity index is 760. The summed E-state index contributed by atoms with van der Waals surface area (Å²) in [6.07, 6.45) is 10.1. The summed E-state index contributed by atoms with van der Waals surface area (Å²) < 4.78 is 7.49. The molecule has 0 amide bonds. The van der Waals surface area contributed by atoms with E-state index in [1.165, 1.54) is 0 Å². The molecule has 4 rings (SSSR count). The van der Waals surface area contributed by atoms with Gasteiger partial charge in [0.05, 0.1) is 6.10 Å². The smallest absolute Gasteiger partial charge is 0.203 e. The van der Waals surface area contributed by atoms with Crippen LogP contribution in [0.3, 0.4) is 0 Å². The number of fused-ring (bicyclic) bond motifs is 1. The summed E-state index contributed by atoms with van der Waals surface area (Å²) in [7, 11) is 0. The molecule has 2 saturated heterocycles. The van der Waals surface area contributed by atoms with Gasteiger partial charge in [0, 0.05) is 45.2 Å². The Hall–Kier alpha value is -1.69. The number of halogens is 1. The van der Waals surface area contributed by atoms with Crippen LogP contribution >= 0.6 is 24.0 Å². The average Bonchev–Trinajstić information content (AvgIpc) is 3.36. The van der Waals surface area contributed by atoms with Crippen molar-refractivity contribution in [3.05, 3.63) is 18.7 Å².